The molecule has 3 N–H and O–H groups in total. The fourth-order valence-electron chi connectivity index (χ4n) is 3.19. The van der Waals surface area contributed by atoms with Crippen molar-refractivity contribution in [1.29, 1.82) is 0 Å². The fourth-order valence-corrected chi connectivity index (χ4v) is 3.62. The van der Waals surface area contributed by atoms with Crippen LogP contribution in [-0.4, -0.2) is 33.6 Å². The van der Waals surface area contributed by atoms with Crippen LogP contribution in [0.5, 0.6) is 11.5 Å². The van der Waals surface area contributed by atoms with E-state index in [-0.39, 0.29) is 18.4 Å². The van der Waals surface area contributed by atoms with Crippen molar-refractivity contribution in [2.45, 2.75) is 31.8 Å². The summed E-state index contributed by atoms with van der Waals surface area (Å²) in [5.74, 6) is 1.47. The molecule has 3 rings (SSSR count). The maximum atomic E-state index is 12.3. The highest BCUT2D eigenvalue weighted by molar-refractivity contribution is 7.55. The quantitative estimate of drug-likeness (QED) is 0.288. The van der Waals surface area contributed by atoms with Gasteiger partial charge in [-0.15, -0.1) is 0 Å². The standard InChI is InChI=1S/C25H26F3N2O5P/c26-25(27,28)18-35-24-10-12-29-22(15-24)17-34-23-8-6-19(7-9-23)14-21(11-13-36(31,32)33)30-16-20-4-2-1-3-5-20/h1-13,15,21,30H,14,16-18H2,(H2,31,32,33). The number of halogens is 3. The lowest BCUT2D eigenvalue weighted by molar-refractivity contribution is -0.153. The van der Waals surface area contributed by atoms with Crippen molar-refractivity contribution in [2.75, 3.05) is 6.61 Å². The highest BCUT2D eigenvalue weighted by Crippen LogP contribution is 2.36. The highest BCUT2D eigenvalue weighted by atomic mass is 31.2. The Morgan fingerprint density at radius 3 is 2.36 bits per heavy atom. The van der Waals surface area contributed by atoms with Gasteiger partial charge in [-0.1, -0.05) is 48.5 Å². The molecule has 0 aliphatic heterocycles. The van der Waals surface area contributed by atoms with Crippen LogP contribution in [0.4, 0.5) is 13.2 Å². The van der Waals surface area contributed by atoms with E-state index in [9.17, 15) is 27.5 Å². The van der Waals surface area contributed by atoms with Gasteiger partial charge in [0.2, 0.25) is 0 Å². The monoisotopic (exact) mass is 522 g/mol. The van der Waals surface area contributed by atoms with Crippen molar-refractivity contribution in [3.8, 4) is 11.5 Å². The van der Waals surface area contributed by atoms with Crippen molar-refractivity contribution >= 4 is 7.60 Å². The van der Waals surface area contributed by atoms with E-state index in [0.717, 1.165) is 16.9 Å². The predicted molar refractivity (Wildman–Crippen MR) is 129 cm³/mol. The molecule has 7 nitrogen and oxygen atoms in total. The summed E-state index contributed by atoms with van der Waals surface area (Å²) in [5, 5.41) is 3.29. The minimum Gasteiger partial charge on any atom is -0.487 e. The van der Waals surface area contributed by atoms with E-state index in [1.165, 1.54) is 24.4 Å². The average Bonchev–Trinajstić information content (AvgIpc) is 2.84. The molecule has 11 heteroatoms. The number of ether oxygens (including phenoxy) is 2. The van der Waals surface area contributed by atoms with E-state index in [1.54, 1.807) is 12.1 Å². The molecule has 1 unspecified atom stereocenters. The molecule has 3 aromatic rings. The Labute approximate surface area is 206 Å². The predicted octanol–water partition coefficient (Wildman–Crippen LogP) is 4.99. The molecule has 0 amide bonds. The van der Waals surface area contributed by atoms with Crippen molar-refractivity contribution in [2.24, 2.45) is 0 Å². The third kappa shape index (κ3) is 10.6. The van der Waals surface area contributed by atoms with Gasteiger partial charge in [-0.05, 0) is 35.7 Å². The summed E-state index contributed by atoms with van der Waals surface area (Å²) >= 11 is 0. The number of aromatic nitrogens is 1. The van der Waals surface area contributed by atoms with Crippen LogP contribution in [0.1, 0.15) is 16.8 Å². The largest absolute Gasteiger partial charge is 0.487 e. The molecule has 0 radical (unpaired) electrons. The normalized spacial score (nSPS) is 13.0. The number of pyridine rings is 1. The maximum Gasteiger partial charge on any atom is 0.422 e. The first-order chi connectivity index (χ1) is 17.1. The lowest BCUT2D eigenvalue weighted by atomic mass is 10.1. The topological polar surface area (TPSA) is 101 Å². The van der Waals surface area contributed by atoms with Crippen LogP contribution in [0.3, 0.4) is 0 Å². The number of rotatable bonds is 12. The summed E-state index contributed by atoms with van der Waals surface area (Å²) < 4.78 is 58.7. The van der Waals surface area contributed by atoms with E-state index < -0.39 is 20.4 Å². The van der Waals surface area contributed by atoms with Crippen LogP contribution < -0.4 is 14.8 Å². The minimum atomic E-state index is -4.43. The van der Waals surface area contributed by atoms with E-state index in [0.29, 0.717) is 24.4 Å². The van der Waals surface area contributed by atoms with Gasteiger partial charge >= 0.3 is 13.8 Å². The summed E-state index contributed by atoms with van der Waals surface area (Å²) in [7, 11) is -4.29. The Morgan fingerprint density at radius 1 is 0.972 bits per heavy atom. The molecule has 0 saturated carbocycles. The molecule has 0 bridgehead atoms. The Bertz CT molecular complexity index is 1170. The second-order valence-corrected chi connectivity index (χ2v) is 9.40. The van der Waals surface area contributed by atoms with E-state index in [4.69, 9.17) is 9.47 Å². The fraction of sp³-hybridized carbons (Fsp3) is 0.240. The first-order valence-electron chi connectivity index (χ1n) is 10.9. The molecule has 0 spiro atoms. The van der Waals surface area contributed by atoms with Gasteiger partial charge in [0.05, 0.1) is 5.69 Å². The number of nitrogens with zero attached hydrogens (tertiary/aromatic N) is 1. The van der Waals surface area contributed by atoms with Gasteiger partial charge in [-0.3, -0.25) is 9.55 Å². The lowest BCUT2D eigenvalue weighted by Crippen LogP contribution is -2.28. The number of nitrogens with one attached hydrogen (secondary N) is 1. The second kappa shape index (κ2) is 12.7. The van der Waals surface area contributed by atoms with Crippen LogP contribution in [-0.2, 0) is 24.1 Å². The zero-order valence-electron chi connectivity index (χ0n) is 19.1. The zero-order valence-corrected chi connectivity index (χ0v) is 20.0. The molecule has 1 heterocycles. The first-order valence-corrected chi connectivity index (χ1v) is 12.6. The highest BCUT2D eigenvalue weighted by Gasteiger charge is 2.28. The molecular formula is C25H26F3N2O5P. The molecule has 36 heavy (non-hydrogen) atoms. The Balaban J connectivity index is 1.57. The van der Waals surface area contributed by atoms with Gasteiger partial charge in [-0.2, -0.15) is 13.2 Å². The smallest absolute Gasteiger partial charge is 0.422 e. The second-order valence-electron chi connectivity index (χ2n) is 7.93. The van der Waals surface area contributed by atoms with Crippen molar-refractivity contribution in [3.05, 3.63) is 102 Å². The van der Waals surface area contributed by atoms with Gasteiger partial charge in [0, 0.05) is 30.7 Å². The van der Waals surface area contributed by atoms with Crippen LogP contribution in [0.15, 0.2) is 84.8 Å². The lowest BCUT2D eigenvalue weighted by Gasteiger charge is -2.16. The van der Waals surface area contributed by atoms with Crippen LogP contribution in [0.2, 0.25) is 0 Å². The summed E-state index contributed by atoms with van der Waals surface area (Å²) in [6.07, 6.45) is -1.14. The SMILES string of the molecule is O=P(O)(O)C=CC(Cc1ccc(OCc2cc(OCC(F)(F)F)ccn2)cc1)NCc1ccccc1. The zero-order chi connectivity index (χ0) is 26.0. The third-order valence-electron chi connectivity index (χ3n) is 4.88. The van der Waals surface area contributed by atoms with Crippen molar-refractivity contribution in [3.63, 3.8) is 0 Å². The van der Waals surface area contributed by atoms with Gasteiger partial charge in [0.15, 0.2) is 6.61 Å². The van der Waals surface area contributed by atoms with Gasteiger partial charge in [0.25, 0.3) is 0 Å². The summed E-state index contributed by atoms with van der Waals surface area (Å²) in [6.45, 7) is -0.824. The molecule has 0 aliphatic carbocycles. The van der Waals surface area contributed by atoms with Gasteiger partial charge in [-0.25, -0.2) is 0 Å². The van der Waals surface area contributed by atoms with Crippen LogP contribution >= 0.6 is 7.60 Å². The summed E-state index contributed by atoms with van der Waals surface area (Å²) in [5.41, 5.74) is 2.35. The molecule has 0 fully saturated rings. The molecule has 1 aromatic heterocycles. The average molecular weight is 522 g/mol. The van der Waals surface area contributed by atoms with E-state index >= 15 is 0 Å². The van der Waals surface area contributed by atoms with E-state index in [1.807, 2.05) is 42.5 Å². The van der Waals surface area contributed by atoms with Crippen molar-refractivity contribution < 1.29 is 37.0 Å². The van der Waals surface area contributed by atoms with Crippen LogP contribution in [0.25, 0.3) is 0 Å². The minimum absolute atomic E-state index is 0.0366. The van der Waals surface area contributed by atoms with Gasteiger partial charge < -0.3 is 24.6 Å². The Hall–Kier alpha value is -3.17. The molecule has 0 saturated heterocycles. The number of hydrogen-bond donors (Lipinski definition) is 3. The molecule has 192 valence electrons. The number of hydrogen-bond acceptors (Lipinski definition) is 5. The first kappa shape index (κ1) is 27.4. The van der Waals surface area contributed by atoms with Gasteiger partial charge in [0.1, 0.15) is 18.1 Å². The van der Waals surface area contributed by atoms with Crippen LogP contribution in [0, 0.1) is 0 Å². The maximum absolute atomic E-state index is 12.3. The van der Waals surface area contributed by atoms with E-state index in [2.05, 4.69) is 10.3 Å². The molecule has 0 aliphatic rings. The summed E-state index contributed by atoms with van der Waals surface area (Å²) in [4.78, 5) is 22.5. The third-order valence-corrected chi connectivity index (χ3v) is 5.44. The number of benzene rings is 2. The number of alkyl halides is 3. The Kier molecular flexibility index (Phi) is 9.66. The molecule has 2 aromatic carbocycles. The summed E-state index contributed by atoms with van der Waals surface area (Å²) in [6, 6.07) is 19.2. The molecular weight excluding hydrogens is 496 g/mol. The Morgan fingerprint density at radius 2 is 1.69 bits per heavy atom. The van der Waals surface area contributed by atoms with Crippen molar-refractivity contribution in [1.82, 2.24) is 10.3 Å². The molecule has 1 atom stereocenters.